The van der Waals surface area contributed by atoms with Crippen molar-refractivity contribution in [3.05, 3.63) is 76.9 Å². The van der Waals surface area contributed by atoms with E-state index in [9.17, 15) is 23.3 Å². The Hall–Kier alpha value is -3.62. The van der Waals surface area contributed by atoms with Crippen molar-refractivity contribution in [3.63, 3.8) is 0 Å². The average Bonchev–Trinajstić information content (AvgIpc) is 3.24. The summed E-state index contributed by atoms with van der Waals surface area (Å²) >= 11 is 0. The molecule has 0 saturated heterocycles. The van der Waals surface area contributed by atoms with Gasteiger partial charge in [-0.05, 0) is 30.3 Å². The first-order chi connectivity index (χ1) is 13.2. The predicted molar refractivity (Wildman–Crippen MR) is 97.1 cm³/mol. The summed E-state index contributed by atoms with van der Waals surface area (Å²) in [5.41, 5.74) is 1.58. The molecular weight excluding hydrogens is 373 g/mol. The van der Waals surface area contributed by atoms with Crippen molar-refractivity contribution in [2.45, 2.75) is 6.18 Å². The van der Waals surface area contributed by atoms with E-state index in [1.807, 2.05) is 0 Å². The Labute approximate surface area is 156 Å². The largest absolute Gasteiger partial charge is 0.416 e. The van der Waals surface area contributed by atoms with Gasteiger partial charge in [-0.2, -0.15) is 13.2 Å². The number of hydrogen-bond acceptors (Lipinski definition) is 3. The molecule has 6 nitrogen and oxygen atoms in total. The Kier molecular flexibility index (Phi) is 3.95. The molecule has 0 saturated carbocycles. The van der Waals surface area contributed by atoms with Crippen LogP contribution in [0.1, 0.15) is 5.56 Å². The Morgan fingerprint density at radius 2 is 1.79 bits per heavy atom. The molecule has 4 rings (SSSR count). The number of nitrogens with zero attached hydrogens (tertiary/aromatic N) is 4. The van der Waals surface area contributed by atoms with Crippen molar-refractivity contribution >= 4 is 16.6 Å². The van der Waals surface area contributed by atoms with Crippen LogP contribution in [0.15, 0.2) is 61.2 Å². The summed E-state index contributed by atoms with van der Waals surface area (Å²) in [6.07, 6.45) is 0.676. The number of non-ortho nitro benzene ring substituents is 1. The highest BCUT2D eigenvalue weighted by Gasteiger charge is 2.30. The Morgan fingerprint density at radius 1 is 1.07 bits per heavy atom. The zero-order valence-corrected chi connectivity index (χ0v) is 14.5. The Balaban J connectivity index is 1.93. The monoisotopic (exact) mass is 386 g/mol. The zero-order chi connectivity index (χ0) is 20.1. The van der Waals surface area contributed by atoms with Gasteiger partial charge < -0.3 is 9.13 Å². The smallest absolute Gasteiger partial charge is 0.340 e. The van der Waals surface area contributed by atoms with E-state index < -0.39 is 16.7 Å². The highest BCUT2D eigenvalue weighted by atomic mass is 19.4. The fourth-order valence-electron chi connectivity index (χ4n) is 3.11. The second kappa shape index (κ2) is 6.22. The molecule has 2 aromatic carbocycles. The zero-order valence-electron chi connectivity index (χ0n) is 14.5. The third kappa shape index (κ3) is 3.00. The Bertz CT molecular complexity index is 1190. The van der Waals surface area contributed by atoms with Crippen LogP contribution in [-0.4, -0.2) is 19.0 Å². The van der Waals surface area contributed by atoms with Gasteiger partial charge in [0, 0.05) is 48.2 Å². The highest BCUT2D eigenvalue weighted by Crippen LogP contribution is 2.35. The number of benzene rings is 2. The maximum atomic E-state index is 12.8. The van der Waals surface area contributed by atoms with Gasteiger partial charge in [0.1, 0.15) is 0 Å². The van der Waals surface area contributed by atoms with Crippen molar-refractivity contribution < 1.29 is 18.1 Å². The van der Waals surface area contributed by atoms with Gasteiger partial charge in [0.15, 0.2) is 0 Å². The summed E-state index contributed by atoms with van der Waals surface area (Å²) in [5, 5.41) is 11.8. The number of halogens is 3. The molecule has 0 fully saturated rings. The number of hydrogen-bond donors (Lipinski definition) is 0. The minimum atomic E-state index is -4.42. The molecule has 0 aliphatic heterocycles. The van der Waals surface area contributed by atoms with Crippen LogP contribution >= 0.6 is 0 Å². The summed E-state index contributed by atoms with van der Waals surface area (Å²) in [6, 6.07) is 9.14. The fourth-order valence-corrected chi connectivity index (χ4v) is 3.11. The summed E-state index contributed by atoms with van der Waals surface area (Å²) in [5.74, 6) is 0. The fraction of sp³-hybridized carbons (Fsp3) is 0.105. The van der Waals surface area contributed by atoms with Gasteiger partial charge in [0.05, 0.1) is 28.0 Å². The van der Waals surface area contributed by atoms with Crippen LogP contribution in [0.3, 0.4) is 0 Å². The Morgan fingerprint density at radius 3 is 2.36 bits per heavy atom. The molecule has 28 heavy (non-hydrogen) atoms. The second-order valence-corrected chi connectivity index (χ2v) is 6.34. The number of aromatic nitrogens is 3. The van der Waals surface area contributed by atoms with Crippen LogP contribution in [0.4, 0.5) is 18.9 Å². The minimum absolute atomic E-state index is 0.0742. The third-order valence-corrected chi connectivity index (χ3v) is 4.45. The molecule has 0 atom stereocenters. The number of aryl methyl sites for hydroxylation is 1. The topological polar surface area (TPSA) is 65.9 Å². The number of fused-ring (bicyclic) bond motifs is 1. The van der Waals surface area contributed by atoms with Gasteiger partial charge in [0.25, 0.3) is 5.69 Å². The molecule has 9 heteroatoms. The molecule has 2 heterocycles. The molecule has 0 radical (unpaired) electrons. The van der Waals surface area contributed by atoms with E-state index in [0.29, 0.717) is 27.8 Å². The number of rotatable bonds is 3. The molecule has 0 N–H and O–H groups in total. The maximum absolute atomic E-state index is 12.8. The van der Waals surface area contributed by atoms with Gasteiger partial charge in [0.2, 0.25) is 0 Å². The average molecular weight is 386 g/mol. The summed E-state index contributed by atoms with van der Waals surface area (Å²) in [7, 11) is 1.80. The molecule has 0 aliphatic rings. The second-order valence-electron chi connectivity index (χ2n) is 6.34. The van der Waals surface area contributed by atoms with E-state index in [1.54, 1.807) is 41.0 Å². The summed E-state index contributed by atoms with van der Waals surface area (Å²) in [6.45, 7) is 0. The quantitative estimate of drug-likeness (QED) is 0.369. The SMILES string of the molecule is Cn1cnc(-c2cn(-c3ccc(C(F)(F)F)cc3)c3ccc([N+](=O)[O-])cc23)c1. The van der Waals surface area contributed by atoms with Gasteiger partial charge >= 0.3 is 6.18 Å². The molecule has 0 spiro atoms. The van der Waals surface area contributed by atoms with E-state index in [-0.39, 0.29) is 5.69 Å². The molecule has 4 aromatic rings. The van der Waals surface area contributed by atoms with Crippen LogP contribution < -0.4 is 0 Å². The number of nitro groups is 1. The lowest BCUT2D eigenvalue weighted by Crippen LogP contribution is -2.04. The van der Waals surface area contributed by atoms with Crippen molar-refractivity contribution in [2.24, 2.45) is 7.05 Å². The van der Waals surface area contributed by atoms with Crippen LogP contribution in [0.25, 0.3) is 27.8 Å². The molecule has 0 amide bonds. The van der Waals surface area contributed by atoms with E-state index in [4.69, 9.17) is 0 Å². The van der Waals surface area contributed by atoms with Crippen molar-refractivity contribution in [3.8, 4) is 16.9 Å². The lowest BCUT2D eigenvalue weighted by Gasteiger charge is -2.09. The lowest BCUT2D eigenvalue weighted by molar-refractivity contribution is -0.384. The molecule has 0 aliphatic carbocycles. The van der Waals surface area contributed by atoms with Crippen LogP contribution in [0.2, 0.25) is 0 Å². The molecule has 142 valence electrons. The molecule has 2 aromatic heterocycles. The van der Waals surface area contributed by atoms with Crippen molar-refractivity contribution in [1.29, 1.82) is 0 Å². The predicted octanol–water partition coefficient (Wildman–Crippen LogP) is 4.96. The van der Waals surface area contributed by atoms with Gasteiger partial charge in [-0.15, -0.1) is 0 Å². The van der Waals surface area contributed by atoms with Crippen molar-refractivity contribution in [2.75, 3.05) is 0 Å². The van der Waals surface area contributed by atoms with E-state index in [0.717, 1.165) is 12.1 Å². The number of alkyl halides is 3. The maximum Gasteiger partial charge on any atom is 0.416 e. The van der Waals surface area contributed by atoms with E-state index in [1.165, 1.54) is 24.3 Å². The standard InChI is InChI=1S/C19H13F3N4O2/c1-24-10-17(23-11-24)16-9-25(13-4-2-12(3-5-13)19(20,21)22)18-7-6-14(26(27)28)8-15(16)18/h2-11H,1H3. The van der Waals surface area contributed by atoms with Gasteiger partial charge in [-0.3, -0.25) is 10.1 Å². The highest BCUT2D eigenvalue weighted by molar-refractivity contribution is 5.97. The molecule has 0 bridgehead atoms. The summed E-state index contributed by atoms with van der Waals surface area (Å²) < 4.78 is 42.0. The summed E-state index contributed by atoms with van der Waals surface area (Å²) in [4.78, 5) is 15.0. The normalized spacial score (nSPS) is 11.9. The first-order valence-electron chi connectivity index (χ1n) is 8.19. The van der Waals surface area contributed by atoms with Crippen LogP contribution in [-0.2, 0) is 13.2 Å². The van der Waals surface area contributed by atoms with Gasteiger partial charge in [-0.1, -0.05) is 0 Å². The van der Waals surface area contributed by atoms with Gasteiger partial charge in [-0.25, -0.2) is 4.98 Å². The minimum Gasteiger partial charge on any atom is -0.340 e. The number of nitro benzene ring substituents is 1. The van der Waals surface area contributed by atoms with Crippen molar-refractivity contribution in [1.82, 2.24) is 14.1 Å². The van der Waals surface area contributed by atoms with Crippen LogP contribution in [0, 0.1) is 10.1 Å². The molecule has 0 unspecified atom stereocenters. The molecular formula is C19H13F3N4O2. The van der Waals surface area contributed by atoms with E-state index >= 15 is 0 Å². The van der Waals surface area contributed by atoms with Crippen LogP contribution in [0.5, 0.6) is 0 Å². The lowest BCUT2D eigenvalue weighted by atomic mass is 10.1. The number of imidazole rings is 1. The first kappa shape index (κ1) is 17.8. The first-order valence-corrected chi connectivity index (χ1v) is 8.19. The third-order valence-electron chi connectivity index (χ3n) is 4.45. The van der Waals surface area contributed by atoms with E-state index in [2.05, 4.69) is 4.98 Å².